The van der Waals surface area contributed by atoms with E-state index in [0.717, 1.165) is 27.3 Å². The van der Waals surface area contributed by atoms with Gasteiger partial charge in [-0.25, -0.2) is 4.98 Å². The third-order valence-electron chi connectivity index (χ3n) is 4.52. The van der Waals surface area contributed by atoms with Crippen molar-refractivity contribution in [3.8, 4) is 10.6 Å². The molecular formula is C23H20N2O2S. The van der Waals surface area contributed by atoms with Crippen LogP contribution in [0.1, 0.15) is 17.2 Å². The third kappa shape index (κ3) is 3.81. The number of aromatic nitrogens is 1. The number of rotatable bonds is 5. The number of ether oxygens (including phenoxy) is 1. The molecule has 1 atom stereocenters. The summed E-state index contributed by atoms with van der Waals surface area (Å²) in [5.74, 6) is -0.197. The van der Waals surface area contributed by atoms with Gasteiger partial charge in [-0.2, -0.15) is 0 Å². The molecule has 4 rings (SSSR count). The van der Waals surface area contributed by atoms with Crippen LogP contribution in [0.2, 0.25) is 0 Å². The third-order valence-corrected chi connectivity index (χ3v) is 5.59. The van der Waals surface area contributed by atoms with Crippen molar-refractivity contribution in [2.75, 3.05) is 12.4 Å². The number of benzene rings is 3. The highest BCUT2D eigenvalue weighted by molar-refractivity contribution is 7.21. The zero-order valence-corrected chi connectivity index (χ0v) is 16.5. The first-order valence-corrected chi connectivity index (χ1v) is 9.82. The van der Waals surface area contributed by atoms with Crippen molar-refractivity contribution in [3.05, 3.63) is 83.9 Å². The molecule has 0 aliphatic rings. The molecule has 0 aliphatic carbocycles. The van der Waals surface area contributed by atoms with E-state index in [-0.39, 0.29) is 5.91 Å². The number of hydrogen-bond donors (Lipinski definition) is 1. The van der Waals surface area contributed by atoms with Gasteiger partial charge in [0.05, 0.1) is 10.2 Å². The lowest BCUT2D eigenvalue weighted by Crippen LogP contribution is -2.22. The normalized spacial score (nSPS) is 12.1. The van der Waals surface area contributed by atoms with Crippen LogP contribution in [0.4, 0.5) is 5.69 Å². The van der Waals surface area contributed by atoms with Gasteiger partial charge in [-0.15, -0.1) is 11.3 Å². The topological polar surface area (TPSA) is 51.2 Å². The van der Waals surface area contributed by atoms with E-state index >= 15 is 0 Å². The van der Waals surface area contributed by atoms with Crippen LogP contribution in [0.3, 0.4) is 0 Å². The number of hydrogen-bond acceptors (Lipinski definition) is 4. The van der Waals surface area contributed by atoms with E-state index in [4.69, 9.17) is 9.72 Å². The highest BCUT2D eigenvalue weighted by atomic mass is 32.1. The lowest BCUT2D eigenvalue weighted by Gasteiger charge is -2.15. The number of fused-ring (bicyclic) bond motifs is 1. The summed E-state index contributed by atoms with van der Waals surface area (Å²) in [7, 11) is 1.54. The van der Waals surface area contributed by atoms with Crippen LogP contribution in [0.5, 0.6) is 0 Å². The lowest BCUT2D eigenvalue weighted by atomic mass is 10.1. The predicted molar refractivity (Wildman–Crippen MR) is 115 cm³/mol. The molecule has 0 fully saturated rings. The highest BCUT2D eigenvalue weighted by Gasteiger charge is 2.19. The van der Waals surface area contributed by atoms with Crippen LogP contribution in [0, 0.1) is 6.92 Å². The number of carbonyl (C=O) groups excluding carboxylic acids is 1. The van der Waals surface area contributed by atoms with Crippen molar-refractivity contribution >= 4 is 33.1 Å². The van der Waals surface area contributed by atoms with Gasteiger partial charge in [0.15, 0.2) is 6.10 Å². The summed E-state index contributed by atoms with van der Waals surface area (Å²) < 4.78 is 6.57. The number of carbonyl (C=O) groups is 1. The van der Waals surface area contributed by atoms with Gasteiger partial charge in [-0.1, -0.05) is 36.4 Å². The highest BCUT2D eigenvalue weighted by Crippen LogP contribution is 2.31. The summed E-state index contributed by atoms with van der Waals surface area (Å²) >= 11 is 1.67. The summed E-state index contributed by atoms with van der Waals surface area (Å²) in [6.45, 7) is 2.08. The Hall–Kier alpha value is -3.02. The second kappa shape index (κ2) is 7.92. The number of thiazole rings is 1. The lowest BCUT2D eigenvalue weighted by molar-refractivity contribution is -0.126. The second-order valence-corrected chi connectivity index (χ2v) is 7.61. The standard InChI is InChI=1S/C23H20N2O2S/c1-15-8-13-19-20(14-15)28-23(25-19)17-9-11-18(12-10-17)24-22(26)21(27-2)16-6-4-3-5-7-16/h3-14,21H,1-2H3,(H,24,26)/t21-/m1/s1. The van der Waals surface area contributed by atoms with Gasteiger partial charge in [-0.3, -0.25) is 4.79 Å². The fourth-order valence-electron chi connectivity index (χ4n) is 3.08. The summed E-state index contributed by atoms with van der Waals surface area (Å²) in [4.78, 5) is 17.3. The smallest absolute Gasteiger partial charge is 0.258 e. The van der Waals surface area contributed by atoms with E-state index in [1.165, 1.54) is 17.4 Å². The number of nitrogens with one attached hydrogen (secondary N) is 1. The molecule has 0 saturated heterocycles. The van der Waals surface area contributed by atoms with Crippen molar-refractivity contribution in [3.63, 3.8) is 0 Å². The first-order chi connectivity index (χ1) is 13.6. The molecule has 140 valence electrons. The molecule has 5 heteroatoms. The van der Waals surface area contributed by atoms with E-state index < -0.39 is 6.10 Å². The summed E-state index contributed by atoms with van der Waals surface area (Å²) in [6, 6.07) is 23.5. The summed E-state index contributed by atoms with van der Waals surface area (Å²) in [6.07, 6.45) is -0.645. The van der Waals surface area contributed by atoms with Gasteiger partial charge in [-0.05, 0) is 54.4 Å². The fraction of sp³-hybridized carbons (Fsp3) is 0.130. The number of nitrogens with zero attached hydrogens (tertiary/aromatic N) is 1. The quantitative estimate of drug-likeness (QED) is 0.484. The number of aryl methyl sites for hydroxylation is 1. The largest absolute Gasteiger partial charge is 0.367 e. The number of amides is 1. The van der Waals surface area contributed by atoms with Gasteiger partial charge in [0.25, 0.3) is 5.91 Å². The van der Waals surface area contributed by atoms with E-state index in [9.17, 15) is 4.79 Å². The Labute approximate surface area is 167 Å². The molecule has 0 saturated carbocycles. The molecule has 0 radical (unpaired) electrons. The molecule has 3 aromatic carbocycles. The Morgan fingerprint density at radius 3 is 2.50 bits per heavy atom. The first-order valence-electron chi connectivity index (χ1n) is 9.00. The van der Waals surface area contributed by atoms with Crippen molar-refractivity contribution in [2.24, 2.45) is 0 Å². The first kappa shape index (κ1) is 18.3. The average molecular weight is 388 g/mol. The summed E-state index contributed by atoms with van der Waals surface area (Å²) in [5, 5.41) is 3.89. The zero-order valence-electron chi connectivity index (χ0n) is 15.7. The minimum Gasteiger partial charge on any atom is -0.367 e. The monoisotopic (exact) mass is 388 g/mol. The Kier molecular flexibility index (Phi) is 5.19. The molecule has 1 N–H and O–H groups in total. The van der Waals surface area contributed by atoms with Crippen molar-refractivity contribution in [1.29, 1.82) is 0 Å². The van der Waals surface area contributed by atoms with E-state index in [2.05, 4.69) is 24.4 Å². The van der Waals surface area contributed by atoms with Crippen LogP contribution in [-0.2, 0) is 9.53 Å². The maximum atomic E-state index is 12.6. The predicted octanol–water partition coefficient (Wildman–Crippen LogP) is 5.60. The number of methoxy groups -OCH3 is 1. The van der Waals surface area contributed by atoms with Crippen LogP contribution in [0.25, 0.3) is 20.8 Å². The molecule has 1 heterocycles. The molecule has 0 spiro atoms. The fourth-order valence-corrected chi connectivity index (χ4v) is 4.15. The molecule has 0 aliphatic heterocycles. The van der Waals surface area contributed by atoms with Crippen molar-refractivity contribution in [1.82, 2.24) is 4.98 Å². The molecule has 28 heavy (non-hydrogen) atoms. The Morgan fingerprint density at radius 1 is 1.04 bits per heavy atom. The Balaban J connectivity index is 1.51. The summed E-state index contributed by atoms with van der Waals surface area (Å²) in [5.41, 5.74) is 4.82. The van der Waals surface area contributed by atoms with Crippen LogP contribution >= 0.6 is 11.3 Å². The molecule has 1 amide bonds. The molecular weight excluding hydrogens is 368 g/mol. The molecule has 4 nitrogen and oxygen atoms in total. The Bertz CT molecular complexity index is 1100. The average Bonchev–Trinajstić information content (AvgIpc) is 3.13. The molecule has 1 aromatic heterocycles. The van der Waals surface area contributed by atoms with Gasteiger partial charge in [0.1, 0.15) is 5.01 Å². The minimum absolute atomic E-state index is 0.197. The maximum Gasteiger partial charge on any atom is 0.258 e. The maximum absolute atomic E-state index is 12.6. The zero-order chi connectivity index (χ0) is 19.5. The van der Waals surface area contributed by atoms with Crippen molar-refractivity contribution in [2.45, 2.75) is 13.0 Å². The van der Waals surface area contributed by atoms with Crippen LogP contribution in [0.15, 0.2) is 72.8 Å². The minimum atomic E-state index is -0.645. The van der Waals surface area contributed by atoms with E-state index in [1.807, 2.05) is 60.7 Å². The van der Waals surface area contributed by atoms with Gasteiger partial charge >= 0.3 is 0 Å². The molecule has 4 aromatic rings. The SMILES string of the molecule is CO[C@@H](C(=O)Nc1ccc(-c2nc3ccc(C)cc3s2)cc1)c1ccccc1. The van der Waals surface area contributed by atoms with Gasteiger partial charge in [0.2, 0.25) is 0 Å². The van der Waals surface area contributed by atoms with E-state index in [1.54, 1.807) is 11.3 Å². The van der Waals surface area contributed by atoms with Gasteiger partial charge < -0.3 is 10.1 Å². The molecule has 0 bridgehead atoms. The number of anilines is 1. The van der Waals surface area contributed by atoms with E-state index in [0.29, 0.717) is 0 Å². The molecule has 0 unspecified atom stereocenters. The Morgan fingerprint density at radius 2 is 1.79 bits per heavy atom. The van der Waals surface area contributed by atoms with Crippen LogP contribution in [-0.4, -0.2) is 18.0 Å². The van der Waals surface area contributed by atoms with Crippen molar-refractivity contribution < 1.29 is 9.53 Å². The second-order valence-electron chi connectivity index (χ2n) is 6.58. The van der Waals surface area contributed by atoms with Gasteiger partial charge in [0, 0.05) is 18.4 Å². The van der Waals surface area contributed by atoms with Crippen LogP contribution < -0.4 is 5.32 Å².